The van der Waals surface area contributed by atoms with E-state index in [0.717, 1.165) is 0 Å². The first-order valence-corrected chi connectivity index (χ1v) is 10.1. The summed E-state index contributed by atoms with van der Waals surface area (Å²) in [6, 6.07) is 15.8. The van der Waals surface area contributed by atoms with Gasteiger partial charge in [-0.15, -0.1) is 0 Å². The summed E-state index contributed by atoms with van der Waals surface area (Å²) in [6.45, 7) is 7.61. The molecule has 0 unspecified atom stereocenters. The minimum absolute atomic E-state index is 0.0202. The van der Waals surface area contributed by atoms with Crippen molar-refractivity contribution in [2.75, 3.05) is 31.5 Å². The second-order valence-corrected chi connectivity index (χ2v) is 8.36. The highest BCUT2D eigenvalue weighted by atomic mass is 16.2. The molecule has 2 aromatic carbocycles. The summed E-state index contributed by atoms with van der Waals surface area (Å²) >= 11 is 0. The Labute approximate surface area is 177 Å². The van der Waals surface area contributed by atoms with Gasteiger partial charge in [-0.3, -0.25) is 9.59 Å². The van der Waals surface area contributed by atoms with E-state index in [1.807, 2.05) is 39.0 Å². The zero-order chi connectivity index (χ0) is 21.7. The van der Waals surface area contributed by atoms with Crippen molar-refractivity contribution in [2.45, 2.75) is 26.3 Å². The fourth-order valence-electron chi connectivity index (χ4n) is 3.23. The van der Waals surface area contributed by atoms with E-state index in [1.54, 1.807) is 46.2 Å². The summed E-state index contributed by atoms with van der Waals surface area (Å²) in [5.41, 5.74) is 1.36. The monoisotopic (exact) mass is 408 g/mol. The third-order valence-electron chi connectivity index (χ3n) is 4.74. The molecule has 7 heteroatoms. The lowest BCUT2D eigenvalue weighted by atomic mass is 10.1. The molecule has 1 aliphatic rings. The number of hydrogen-bond acceptors (Lipinski definition) is 3. The van der Waals surface area contributed by atoms with Crippen LogP contribution in [0.3, 0.4) is 0 Å². The van der Waals surface area contributed by atoms with Crippen molar-refractivity contribution < 1.29 is 14.4 Å². The molecule has 0 atom stereocenters. The van der Waals surface area contributed by atoms with Crippen molar-refractivity contribution in [1.82, 2.24) is 15.1 Å². The van der Waals surface area contributed by atoms with E-state index in [1.165, 1.54) is 0 Å². The van der Waals surface area contributed by atoms with Gasteiger partial charge in [0.25, 0.3) is 11.8 Å². The molecule has 30 heavy (non-hydrogen) atoms. The van der Waals surface area contributed by atoms with Crippen molar-refractivity contribution in [3.63, 3.8) is 0 Å². The summed E-state index contributed by atoms with van der Waals surface area (Å²) in [5, 5.41) is 5.76. The molecule has 4 amide bonds. The molecular weight excluding hydrogens is 380 g/mol. The zero-order valence-corrected chi connectivity index (χ0v) is 17.6. The molecule has 1 heterocycles. The lowest BCUT2D eigenvalue weighted by Crippen LogP contribution is -2.51. The molecular formula is C23H28N4O3. The lowest BCUT2D eigenvalue weighted by molar-refractivity contribution is 0.0671. The van der Waals surface area contributed by atoms with E-state index < -0.39 is 0 Å². The summed E-state index contributed by atoms with van der Waals surface area (Å²) in [7, 11) is 0. The number of nitrogens with zero attached hydrogens (tertiary/aromatic N) is 2. The first kappa shape index (κ1) is 21.4. The maximum absolute atomic E-state index is 12.6. The summed E-state index contributed by atoms with van der Waals surface area (Å²) in [5.74, 6) is -0.208. The standard InChI is InChI=1S/C23H28N4O3/c1-23(2,3)25-20(28)18-10-7-11-19(16-18)24-22(30)27-14-12-26(13-15-27)21(29)17-8-5-4-6-9-17/h4-11,16H,12-15H2,1-3H3,(H,24,30)(H,25,28). The highest BCUT2D eigenvalue weighted by molar-refractivity contribution is 5.97. The first-order valence-electron chi connectivity index (χ1n) is 10.1. The van der Waals surface area contributed by atoms with Crippen LogP contribution < -0.4 is 10.6 Å². The second-order valence-electron chi connectivity index (χ2n) is 8.36. The molecule has 3 rings (SSSR count). The van der Waals surface area contributed by atoms with Crippen LogP contribution in [0.5, 0.6) is 0 Å². The highest BCUT2D eigenvalue weighted by Crippen LogP contribution is 2.14. The Morgan fingerprint density at radius 2 is 1.40 bits per heavy atom. The zero-order valence-electron chi connectivity index (χ0n) is 17.6. The van der Waals surface area contributed by atoms with Gasteiger partial charge in [0.15, 0.2) is 0 Å². The number of rotatable bonds is 3. The molecule has 0 spiro atoms. The van der Waals surface area contributed by atoms with Crippen molar-refractivity contribution in [2.24, 2.45) is 0 Å². The largest absolute Gasteiger partial charge is 0.347 e. The minimum Gasteiger partial charge on any atom is -0.347 e. The maximum atomic E-state index is 12.6. The van der Waals surface area contributed by atoms with Gasteiger partial charge in [0, 0.05) is 48.5 Å². The topological polar surface area (TPSA) is 81.8 Å². The molecule has 7 nitrogen and oxygen atoms in total. The molecule has 158 valence electrons. The van der Waals surface area contributed by atoms with Gasteiger partial charge in [0.1, 0.15) is 0 Å². The van der Waals surface area contributed by atoms with Gasteiger partial charge in [-0.25, -0.2) is 4.79 Å². The molecule has 0 bridgehead atoms. The van der Waals surface area contributed by atoms with Crippen molar-refractivity contribution in [3.05, 3.63) is 65.7 Å². The van der Waals surface area contributed by atoms with E-state index in [9.17, 15) is 14.4 Å². The summed E-state index contributed by atoms with van der Waals surface area (Å²) in [4.78, 5) is 41.0. The van der Waals surface area contributed by atoms with Crippen LogP contribution in [0.15, 0.2) is 54.6 Å². The predicted octanol–water partition coefficient (Wildman–Crippen LogP) is 3.20. The van der Waals surface area contributed by atoms with Crippen LogP contribution in [0.1, 0.15) is 41.5 Å². The Morgan fingerprint density at radius 3 is 2.03 bits per heavy atom. The van der Waals surface area contributed by atoms with E-state index in [2.05, 4.69) is 10.6 Å². The van der Waals surface area contributed by atoms with Crippen LogP contribution >= 0.6 is 0 Å². The first-order chi connectivity index (χ1) is 14.2. The number of piperazine rings is 1. The van der Waals surface area contributed by atoms with Crippen LogP contribution in [0.4, 0.5) is 10.5 Å². The fourth-order valence-corrected chi connectivity index (χ4v) is 3.23. The Balaban J connectivity index is 1.55. The molecule has 1 saturated heterocycles. The summed E-state index contributed by atoms with van der Waals surface area (Å²) in [6.07, 6.45) is 0. The third-order valence-corrected chi connectivity index (χ3v) is 4.74. The smallest absolute Gasteiger partial charge is 0.321 e. The van der Waals surface area contributed by atoms with Gasteiger partial charge in [-0.05, 0) is 51.1 Å². The fraction of sp³-hybridized carbons (Fsp3) is 0.348. The highest BCUT2D eigenvalue weighted by Gasteiger charge is 2.25. The SMILES string of the molecule is CC(C)(C)NC(=O)c1cccc(NC(=O)N2CCN(C(=O)c3ccccc3)CC2)c1. The molecule has 2 aromatic rings. The van der Waals surface area contributed by atoms with Crippen LogP contribution in [0, 0.1) is 0 Å². The average molecular weight is 409 g/mol. The molecule has 1 fully saturated rings. The predicted molar refractivity (Wildman–Crippen MR) is 117 cm³/mol. The molecule has 1 aliphatic heterocycles. The molecule has 0 aromatic heterocycles. The Bertz CT molecular complexity index is 914. The minimum atomic E-state index is -0.340. The van der Waals surface area contributed by atoms with Crippen molar-refractivity contribution >= 4 is 23.5 Å². The second kappa shape index (κ2) is 8.98. The van der Waals surface area contributed by atoms with Crippen LogP contribution in [-0.4, -0.2) is 59.4 Å². The Hall–Kier alpha value is -3.35. The van der Waals surface area contributed by atoms with Crippen LogP contribution in [0.25, 0.3) is 0 Å². The molecule has 0 saturated carbocycles. The maximum Gasteiger partial charge on any atom is 0.321 e. The lowest BCUT2D eigenvalue weighted by Gasteiger charge is -2.34. The number of amides is 4. The normalized spacial score (nSPS) is 14.2. The number of benzene rings is 2. The van der Waals surface area contributed by atoms with Crippen molar-refractivity contribution in [1.29, 1.82) is 0 Å². The van der Waals surface area contributed by atoms with E-state index in [0.29, 0.717) is 43.0 Å². The van der Waals surface area contributed by atoms with Gasteiger partial charge in [0.2, 0.25) is 0 Å². The van der Waals surface area contributed by atoms with E-state index in [-0.39, 0.29) is 23.4 Å². The number of urea groups is 1. The number of carbonyl (C=O) groups is 3. The van der Waals surface area contributed by atoms with Gasteiger partial charge < -0.3 is 20.4 Å². The number of carbonyl (C=O) groups excluding carboxylic acids is 3. The quantitative estimate of drug-likeness (QED) is 0.818. The van der Waals surface area contributed by atoms with Gasteiger partial charge in [0.05, 0.1) is 0 Å². The van der Waals surface area contributed by atoms with E-state index >= 15 is 0 Å². The third kappa shape index (κ3) is 5.59. The number of anilines is 1. The van der Waals surface area contributed by atoms with Crippen LogP contribution in [-0.2, 0) is 0 Å². The van der Waals surface area contributed by atoms with Gasteiger partial charge in [-0.1, -0.05) is 24.3 Å². The van der Waals surface area contributed by atoms with E-state index in [4.69, 9.17) is 0 Å². The summed E-state index contributed by atoms with van der Waals surface area (Å²) < 4.78 is 0. The Kier molecular flexibility index (Phi) is 6.40. The molecule has 0 radical (unpaired) electrons. The molecule has 0 aliphatic carbocycles. The molecule has 2 N–H and O–H groups in total. The van der Waals surface area contributed by atoms with Crippen molar-refractivity contribution in [3.8, 4) is 0 Å². The van der Waals surface area contributed by atoms with Gasteiger partial charge >= 0.3 is 6.03 Å². The van der Waals surface area contributed by atoms with Crippen LogP contribution in [0.2, 0.25) is 0 Å². The Morgan fingerprint density at radius 1 is 0.800 bits per heavy atom. The number of nitrogens with one attached hydrogen (secondary N) is 2. The van der Waals surface area contributed by atoms with Gasteiger partial charge in [-0.2, -0.15) is 0 Å². The average Bonchev–Trinajstić information content (AvgIpc) is 2.73. The number of hydrogen-bond donors (Lipinski definition) is 2.